The summed E-state index contributed by atoms with van der Waals surface area (Å²) >= 11 is 0. The number of nitrogens with zero attached hydrogens (tertiary/aromatic N) is 1. The first-order valence-electron chi connectivity index (χ1n) is 33.9. The van der Waals surface area contributed by atoms with Crippen LogP contribution in [0.1, 0.15) is 232 Å². The molecule has 488 valence electrons. The average Bonchev–Trinajstić information content (AvgIpc) is 3.56. The molecule has 9 heteroatoms. The molecular weight excluding hydrogens is 1080 g/mol. The van der Waals surface area contributed by atoms with Gasteiger partial charge in [-0.15, -0.1) is 0 Å². The number of esters is 2. The van der Waals surface area contributed by atoms with Crippen LogP contribution in [0.3, 0.4) is 0 Å². The van der Waals surface area contributed by atoms with E-state index in [9.17, 15) is 19.5 Å². The van der Waals surface area contributed by atoms with E-state index in [1.54, 1.807) is 0 Å². The van der Waals surface area contributed by atoms with Gasteiger partial charge in [0, 0.05) is 12.8 Å². The average molecular weight is 1200 g/mol. The molecule has 9 nitrogen and oxygen atoms in total. The topological polar surface area (TPSA) is 111 Å². The quantitative estimate of drug-likeness (QED) is 0.0195. The number of likely N-dealkylation sites (N-methyl/N-ethyl adjacent to an activating group) is 1. The standard InChI is InChI=1S/C78H123NO8/c1-6-8-10-12-14-16-18-20-22-24-26-28-30-32-34-35-36-37-38-39-40-41-43-45-47-49-51-53-55-57-59-61-63-65-67-69-76(81)87-74(73-86-78(77(82)83)84-71-70-79(3,4)5)72-85-75(80)68-66-64-62-60-58-56-54-52-50-48-46-44-42-33-31-29-27-25-23-21-19-17-15-13-11-9-7-2/h8-11,14-17,20-23,26-29,32-34,36-37,39-40,42-43,45-46,48-49,51,74,78H,6-7,12-13,18-19,24-25,30-31,35,38,41,44,47,50,52-73H2,1-5H3/b10-8-,11-9-,16-14-,17-15-,22-20-,23-21-,28-26-,29-27-,34-32-,37-36-,40-39-,42-33-,45-43-,48-46-,51-49-. The van der Waals surface area contributed by atoms with Crippen LogP contribution in [0, 0.1) is 0 Å². The van der Waals surface area contributed by atoms with Crippen molar-refractivity contribution in [1.29, 1.82) is 0 Å². The molecule has 0 aromatic rings. The Morgan fingerprint density at radius 3 is 0.920 bits per heavy atom. The minimum absolute atomic E-state index is 0.133. The van der Waals surface area contributed by atoms with Crippen molar-refractivity contribution in [3.05, 3.63) is 182 Å². The third-order valence-corrected chi connectivity index (χ3v) is 13.6. The summed E-state index contributed by atoms with van der Waals surface area (Å²) in [6.45, 7) is 4.47. The first-order valence-corrected chi connectivity index (χ1v) is 33.9. The van der Waals surface area contributed by atoms with Gasteiger partial charge in [-0.2, -0.15) is 0 Å². The third kappa shape index (κ3) is 67.8. The summed E-state index contributed by atoms with van der Waals surface area (Å²) in [7, 11) is 5.91. The SMILES string of the molecule is CC/C=C\C/C=C\C/C=C\C/C=C\C/C=C\C/C=C\C/C=C\C/C=C\C/C=C\CCCCCCCCCC(=O)OC(COC(=O)CCCCCCCCCC/C=C\C/C=C\C/C=C\C/C=C\C/C=C\C/C=C\CC)COC(OCC[N+](C)(C)C)C(=O)[O-]. The number of carboxylic acid groups (broad SMARTS) is 1. The van der Waals surface area contributed by atoms with Gasteiger partial charge in [0.25, 0.3) is 0 Å². The predicted octanol–water partition coefficient (Wildman–Crippen LogP) is 19.9. The van der Waals surface area contributed by atoms with Gasteiger partial charge in [0.2, 0.25) is 0 Å². The fraction of sp³-hybridized carbons (Fsp3) is 0.577. The number of quaternary nitrogens is 1. The van der Waals surface area contributed by atoms with Crippen molar-refractivity contribution in [3.63, 3.8) is 0 Å². The number of carboxylic acids is 1. The Morgan fingerprint density at radius 1 is 0.345 bits per heavy atom. The molecule has 0 aromatic heterocycles. The number of rotatable bonds is 60. The number of allylic oxidation sites excluding steroid dienone is 30. The molecule has 87 heavy (non-hydrogen) atoms. The first kappa shape index (κ1) is 81.4. The third-order valence-electron chi connectivity index (χ3n) is 13.6. The van der Waals surface area contributed by atoms with E-state index in [0.717, 1.165) is 161 Å². The lowest BCUT2D eigenvalue weighted by molar-refractivity contribution is -0.870. The highest BCUT2D eigenvalue weighted by molar-refractivity contribution is 5.70. The summed E-state index contributed by atoms with van der Waals surface area (Å²) in [5.74, 6) is -2.33. The number of hydrogen-bond acceptors (Lipinski definition) is 8. The lowest BCUT2D eigenvalue weighted by Crippen LogP contribution is -2.44. The van der Waals surface area contributed by atoms with E-state index in [0.29, 0.717) is 17.4 Å². The minimum Gasteiger partial charge on any atom is -0.545 e. The molecule has 0 N–H and O–H groups in total. The van der Waals surface area contributed by atoms with Gasteiger partial charge in [0.1, 0.15) is 13.2 Å². The van der Waals surface area contributed by atoms with Gasteiger partial charge in [-0.3, -0.25) is 9.59 Å². The molecule has 0 saturated carbocycles. The second-order valence-electron chi connectivity index (χ2n) is 23.0. The van der Waals surface area contributed by atoms with Crippen LogP contribution in [-0.4, -0.2) is 82.3 Å². The zero-order valence-corrected chi connectivity index (χ0v) is 55.6. The van der Waals surface area contributed by atoms with Crippen molar-refractivity contribution >= 4 is 17.9 Å². The molecule has 2 unspecified atom stereocenters. The zero-order valence-electron chi connectivity index (χ0n) is 55.6. The molecule has 0 aliphatic rings. The molecule has 0 saturated heterocycles. The maximum absolute atomic E-state index is 12.9. The van der Waals surface area contributed by atoms with Crippen molar-refractivity contribution in [2.75, 3.05) is 47.5 Å². The van der Waals surface area contributed by atoms with E-state index in [1.165, 1.54) is 38.5 Å². The number of unbranched alkanes of at least 4 members (excludes halogenated alkanes) is 15. The number of carbonyl (C=O) groups is 3. The molecule has 2 atom stereocenters. The summed E-state index contributed by atoms with van der Waals surface area (Å²) < 4.78 is 22.7. The van der Waals surface area contributed by atoms with Crippen molar-refractivity contribution in [3.8, 4) is 0 Å². The molecule has 0 aliphatic carbocycles. The van der Waals surface area contributed by atoms with Crippen molar-refractivity contribution in [2.45, 2.75) is 245 Å². The van der Waals surface area contributed by atoms with E-state index >= 15 is 0 Å². The Labute approximate surface area is 532 Å². The van der Waals surface area contributed by atoms with E-state index in [-0.39, 0.29) is 38.6 Å². The lowest BCUT2D eigenvalue weighted by Gasteiger charge is -2.26. The molecule has 0 aromatic carbocycles. The van der Waals surface area contributed by atoms with Crippen LogP contribution in [0.4, 0.5) is 0 Å². The predicted molar refractivity (Wildman–Crippen MR) is 370 cm³/mol. The second-order valence-corrected chi connectivity index (χ2v) is 23.0. The zero-order chi connectivity index (χ0) is 63.3. The molecule has 0 radical (unpaired) electrons. The number of hydrogen-bond donors (Lipinski definition) is 0. The van der Waals surface area contributed by atoms with Gasteiger partial charge in [0.05, 0.1) is 40.3 Å². The Bertz CT molecular complexity index is 2080. The molecular formula is C78H123NO8. The van der Waals surface area contributed by atoms with E-state index in [1.807, 2.05) is 21.1 Å². The monoisotopic (exact) mass is 1200 g/mol. The Morgan fingerprint density at radius 2 is 0.621 bits per heavy atom. The van der Waals surface area contributed by atoms with E-state index < -0.39 is 24.3 Å². The van der Waals surface area contributed by atoms with Gasteiger partial charge >= 0.3 is 11.9 Å². The maximum Gasteiger partial charge on any atom is 0.306 e. The molecule has 0 rings (SSSR count). The Kier molecular flexibility index (Phi) is 62.1. The highest BCUT2D eigenvalue weighted by Crippen LogP contribution is 2.14. The van der Waals surface area contributed by atoms with Crippen LogP contribution in [0.5, 0.6) is 0 Å². The number of carbonyl (C=O) groups excluding carboxylic acids is 3. The van der Waals surface area contributed by atoms with Crippen molar-refractivity contribution in [2.24, 2.45) is 0 Å². The van der Waals surface area contributed by atoms with Gasteiger partial charge in [-0.05, 0) is 135 Å². The molecule has 0 bridgehead atoms. The fourth-order valence-electron chi connectivity index (χ4n) is 8.53. The highest BCUT2D eigenvalue weighted by atomic mass is 16.7. The van der Waals surface area contributed by atoms with Gasteiger partial charge in [0.15, 0.2) is 12.4 Å². The van der Waals surface area contributed by atoms with Crippen LogP contribution in [0.25, 0.3) is 0 Å². The Balaban J connectivity index is 4.27. The normalized spacial score (nSPS) is 13.9. The number of aliphatic carboxylic acids is 1. The van der Waals surface area contributed by atoms with Gasteiger partial charge < -0.3 is 33.3 Å². The Hall–Kier alpha value is -5.61. The van der Waals surface area contributed by atoms with Crippen molar-refractivity contribution in [1.82, 2.24) is 0 Å². The van der Waals surface area contributed by atoms with Crippen LogP contribution in [0.15, 0.2) is 182 Å². The van der Waals surface area contributed by atoms with Crippen LogP contribution in [0.2, 0.25) is 0 Å². The van der Waals surface area contributed by atoms with Crippen LogP contribution < -0.4 is 5.11 Å². The highest BCUT2D eigenvalue weighted by Gasteiger charge is 2.22. The smallest absolute Gasteiger partial charge is 0.306 e. The summed E-state index contributed by atoms with van der Waals surface area (Å²) in [5, 5.41) is 11.8. The molecule has 0 heterocycles. The van der Waals surface area contributed by atoms with Crippen LogP contribution >= 0.6 is 0 Å². The second kappa shape index (κ2) is 66.3. The van der Waals surface area contributed by atoms with E-state index in [2.05, 4.69) is 196 Å². The largest absolute Gasteiger partial charge is 0.545 e. The molecule has 0 amide bonds. The molecule has 0 spiro atoms. The number of ether oxygens (including phenoxy) is 4. The molecule has 0 fully saturated rings. The first-order chi connectivity index (χ1) is 42.6. The van der Waals surface area contributed by atoms with Crippen LogP contribution in [-0.2, 0) is 33.3 Å². The fourth-order valence-corrected chi connectivity index (χ4v) is 8.53. The van der Waals surface area contributed by atoms with E-state index in [4.69, 9.17) is 18.9 Å². The van der Waals surface area contributed by atoms with Crippen molar-refractivity contribution < 1.29 is 42.9 Å². The summed E-state index contributed by atoms with van der Waals surface area (Å²) in [5.41, 5.74) is 0. The van der Waals surface area contributed by atoms with Gasteiger partial charge in [-0.1, -0.05) is 267 Å². The summed E-state index contributed by atoms with van der Waals surface area (Å²) in [6.07, 6.45) is 98.1. The lowest BCUT2D eigenvalue weighted by atomic mass is 10.1. The maximum atomic E-state index is 12.9. The minimum atomic E-state index is -1.64. The summed E-state index contributed by atoms with van der Waals surface area (Å²) in [4.78, 5) is 37.5. The molecule has 0 aliphatic heterocycles. The summed E-state index contributed by atoms with van der Waals surface area (Å²) in [6, 6.07) is 0. The van der Waals surface area contributed by atoms with Gasteiger partial charge in [-0.25, -0.2) is 0 Å².